The smallest absolute Gasteiger partial charge is 0.317 e. The topological polar surface area (TPSA) is 63.6 Å². The third-order valence-corrected chi connectivity index (χ3v) is 2.33. The Morgan fingerprint density at radius 1 is 1.37 bits per heavy atom. The molecule has 0 spiro atoms. The van der Waals surface area contributed by atoms with Gasteiger partial charge in [0, 0.05) is 12.0 Å². The van der Waals surface area contributed by atoms with Crippen molar-refractivity contribution in [2.75, 3.05) is 6.61 Å². The van der Waals surface area contributed by atoms with Gasteiger partial charge in [-0.1, -0.05) is 24.0 Å². The summed E-state index contributed by atoms with van der Waals surface area (Å²) < 4.78 is 4.76. The van der Waals surface area contributed by atoms with E-state index >= 15 is 0 Å². The van der Waals surface area contributed by atoms with Crippen molar-refractivity contribution in [2.24, 2.45) is 0 Å². The van der Waals surface area contributed by atoms with Crippen LogP contribution in [0.2, 0.25) is 0 Å². The quantitative estimate of drug-likeness (QED) is 0.649. The summed E-state index contributed by atoms with van der Waals surface area (Å²) in [6.07, 6.45) is 0.635. The number of ether oxygens (including phenoxy) is 1. The van der Waals surface area contributed by atoms with Gasteiger partial charge in [-0.15, -0.1) is 0 Å². The average Bonchev–Trinajstić information content (AvgIpc) is 2.37. The largest absolute Gasteiger partial charge is 0.481 e. The molecule has 0 unspecified atom stereocenters. The number of benzene rings is 1. The van der Waals surface area contributed by atoms with Gasteiger partial charge in [0.25, 0.3) is 0 Å². The Kier molecular flexibility index (Phi) is 6.17. The summed E-state index contributed by atoms with van der Waals surface area (Å²) in [7, 11) is 0. The molecule has 0 radical (unpaired) electrons. The van der Waals surface area contributed by atoms with Crippen LogP contribution < -0.4 is 0 Å². The summed E-state index contributed by atoms with van der Waals surface area (Å²) in [6, 6.07) is 7.34. The van der Waals surface area contributed by atoms with Crippen molar-refractivity contribution < 1.29 is 19.4 Å². The molecule has 0 atom stereocenters. The predicted molar refractivity (Wildman–Crippen MR) is 70.5 cm³/mol. The summed E-state index contributed by atoms with van der Waals surface area (Å²) in [5.41, 5.74) is 1.69. The third kappa shape index (κ3) is 6.27. The van der Waals surface area contributed by atoms with Crippen LogP contribution in [0.25, 0.3) is 0 Å². The molecule has 1 aromatic rings. The van der Waals surface area contributed by atoms with Gasteiger partial charge in [-0.2, -0.15) is 0 Å². The maximum Gasteiger partial charge on any atom is 0.317 e. The van der Waals surface area contributed by atoms with Crippen LogP contribution in [-0.4, -0.2) is 23.7 Å². The number of rotatable bonds is 5. The van der Waals surface area contributed by atoms with E-state index in [4.69, 9.17) is 9.84 Å². The molecule has 100 valence electrons. The number of carboxylic acids is 1. The minimum atomic E-state index is -0.821. The van der Waals surface area contributed by atoms with Crippen molar-refractivity contribution in [3.8, 4) is 11.8 Å². The number of carbonyl (C=O) groups is 2. The third-order valence-electron chi connectivity index (χ3n) is 2.33. The van der Waals surface area contributed by atoms with Crippen LogP contribution >= 0.6 is 0 Å². The van der Waals surface area contributed by atoms with Crippen molar-refractivity contribution in [1.29, 1.82) is 0 Å². The number of carbonyl (C=O) groups excluding carboxylic acids is 1. The molecule has 19 heavy (non-hydrogen) atoms. The molecular weight excluding hydrogens is 244 g/mol. The highest BCUT2D eigenvalue weighted by atomic mass is 16.5. The molecule has 0 amide bonds. The molecule has 0 aromatic heterocycles. The van der Waals surface area contributed by atoms with Gasteiger partial charge >= 0.3 is 11.9 Å². The molecule has 0 heterocycles. The first kappa shape index (κ1) is 14.8. The Labute approximate surface area is 112 Å². The second kappa shape index (κ2) is 7.93. The van der Waals surface area contributed by atoms with Gasteiger partial charge in [0.05, 0.1) is 6.61 Å². The van der Waals surface area contributed by atoms with Gasteiger partial charge in [0.2, 0.25) is 0 Å². The van der Waals surface area contributed by atoms with E-state index in [1.165, 1.54) is 0 Å². The Hall–Kier alpha value is -2.28. The molecule has 0 fully saturated rings. The fourth-order valence-corrected chi connectivity index (χ4v) is 1.49. The lowest BCUT2D eigenvalue weighted by molar-refractivity contribution is -0.142. The summed E-state index contributed by atoms with van der Waals surface area (Å²) in [5.74, 6) is 4.44. The zero-order chi connectivity index (χ0) is 14.1. The van der Waals surface area contributed by atoms with E-state index < -0.39 is 5.97 Å². The predicted octanol–water partition coefficient (Wildman–Crippen LogP) is 2.01. The molecule has 0 aliphatic heterocycles. The van der Waals surface area contributed by atoms with Gasteiger partial charge in [0.15, 0.2) is 0 Å². The summed E-state index contributed by atoms with van der Waals surface area (Å²) in [6.45, 7) is 2.10. The van der Waals surface area contributed by atoms with E-state index in [1.54, 1.807) is 6.92 Å². The highest BCUT2D eigenvalue weighted by Crippen LogP contribution is 2.06. The van der Waals surface area contributed by atoms with E-state index in [0.29, 0.717) is 13.0 Å². The first-order valence-electron chi connectivity index (χ1n) is 6.07. The van der Waals surface area contributed by atoms with Crippen LogP contribution in [0.4, 0.5) is 0 Å². The lowest BCUT2D eigenvalue weighted by Gasteiger charge is -1.99. The summed E-state index contributed by atoms with van der Waals surface area (Å²) in [4.78, 5) is 21.6. The van der Waals surface area contributed by atoms with Gasteiger partial charge in [-0.25, -0.2) is 0 Å². The first-order chi connectivity index (χ1) is 9.11. The van der Waals surface area contributed by atoms with Gasteiger partial charge in [0.1, 0.15) is 6.42 Å². The highest BCUT2D eigenvalue weighted by Gasteiger charge is 2.00. The van der Waals surface area contributed by atoms with Crippen molar-refractivity contribution in [3.63, 3.8) is 0 Å². The molecule has 4 heteroatoms. The van der Waals surface area contributed by atoms with Crippen LogP contribution in [0.5, 0.6) is 0 Å². The van der Waals surface area contributed by atoms with Crippen LogP contribution in [-0.2, 0) is 20.7 Å². The normalized spacial score (nSPS) is 9.32. The second-order valence-corrected chi connectivity index (χ2v) is 3.88. The number of aryl methyl sites for hydroxylation is 1. The number of aliphatic carboxylic acids is 1. The van der Waals surface area contributed by atoms with Crippen LogP contribution in [0.15, 0.2) is 24.3 Å². The lowest BCUT2D eigenvalue weighted by Crippen LogP contribution is -2.01. The second-order valence-electron chi connectivity index (χ2n) is 3.88. The number of hydrogen-bond acceptors (Lipinski definition) is 3. The fraction of sp³-hybridized carbons (Fsp3) is 0.333. The molecule has 1 aromatic carbocycles. The lowest BCUT2D eigenvalue weighted by atomic mass is 10.1. The Balaban J connectivity index is 2.59. The minimum Gasteiger partial charge on any atom is -0.481 e. The summed E-state index contributed by atoms with van der Waals surface area (Å²) >= 11 is 0. The van der Waals surface area contributed by atoms with Crippen molar-refractivity contribution >= 4 is 11.9 Å². The van der Waals surface area contributed by atoms with E-state index in [9.17, 15) is 9.59 Å². The van der Waals surface area contributed by atoms with E-state index in [2.05, 4.69) is 11.8 Å². The molecule has 1 N–H and O–H groups in total. The maximum absolute atomic E-state index is 11.1. The zero-order valence-corrected chi connectivity index (χ0v) is 10.8. The number of hydrogen-bond donors (Lipinski definition) is 1. The Morgan fingerprint density at radius 2 is 2.16 bits per heavy atom. The molecule has 4 nitrogen and oxygen atoms in total. The monoisotopic (exact) mass is 260 g/mol. The Bertz CT molecular complexity index is 508. The highest BCUT2D eigenvalue weighted by molar-refractivity contribution is 5.72. The van der Waals surface area contributed by atoms with Gasteiger partial charge in [-0.05, 0) is 31.0 Å². The van der Waals surface area contributed by atoms with Gasteiger partial charge < -0.3 is 9.84 Å². The Morgan fingerprint density at radius 3 is 2.84 bits per heavy atom. The van der Waals surface area contributed by atoms with Crippen molar-refractivity contribution in [1.82, 2.24) is 0 Å². The van der Waals surface area contributed by atoms with E-state index in [-0.39, 0.29) is 18.8 Å². The molecule has 0 saturated heterocycles. The number of carboxylic acid groups (broad SMARTS) is 1. The molecule has 0 saturated carbocycles. The molecule has 0 aliphatic rings. The summed E-state index contributed by atoms with van der Waals surface area (Å²) in [5, 5.41) is 8.62. The maximum atomic E-state index is 11.1. The first-order valence-corrected chi connectivity index (χ1v) is 6.07. The van der Waals surface area contributed by atoms with Crippen LogP contribution in [0, 0.1) is 11.8 Å². The molecular formula is C15H16O4. The van der Waals surface area contributed by atoms with Crippen LogP contribution in [0.1, 0.15) is 30.9 Å². The van der Waals surface area contributed by atoms with Crippen molar-refractivity contribution in [3.05, 3.63) is 35.4 Å². The number of esters is 1. The van der Waals surface area contributed by atoms with Gasteiger partial charge in [-0.3, -0.25) is 9.59 Å². The SMILES string of the molecule is CCOC(=O)CC#Cc1cccc(CCC(=O)O)c1. The average molecular weight is 260 g/mol. The van der Waals surface area contributed by atoms with E-state index in [0.717, 1.165) is 11.1 Å². The van der Waals surface area contributed by atoms with Crippen molar-refractivity contribution in [2.45, 2.75) is 26.2 Å². The fourth-order valence-electron chi connectivity index (χ4n) is 1.49. The molecule has 0 bridgehead atoms. The molecule has 1 rings (SSSR count). The molecule has 0 aliphatic carbocycles. The van der Waals surface area contributed by atoms with Crippen LogP contribution in [0.3, 0.4) is 0 Å². The standard InChI is InChI=1S/C15H16O4/c1-2-19-15(18)8-4-7-12-5-3-6-13(11-12)9-10-14(16)17/h3,5-6,11H,2,8-10H2,1H3,(H,16,17). The minimum absolute atomic E-state index is 0.0627. The van der Waals surface area contributed by atoms with E-state index in [1.807, 2.05) is 24.3 Å². The zero-order valence-electron chi connectivity index (χ0n) is 10.8.